The first-order chi connectivity index (χ1) is 10.1. The lowest BCUT2D eigenvalue weighted by Gasteiger charge is -2.09. The van der Waals surface area contributed by atoms with Crippen LogP contribution < -0.4 is 5.32 Å². The molecule has 1 aromatic carbocycles. The van der Waals surface area contributed by atoms with Crippen molar-refractivity contribution >= 4 is 28.8 Å². The number of hydrogen-bond donors (Lipinski definition) is 3. The first kappa shape index (κ1) is 13.2. The molecule has 0 aliphatic carbocycles. The number of aliphatic carboxylic acids is 1. The minimum atomic E-state index is -1.22. The maximum atomic E-state index is 12.1. The van der Waals surface area contributed by atoms with Gasteiger partial charge in [-0.1, -0.05) is 18.2 Å². The zero-order valence-corrected chi connectivity index (χ0v) is 11.0. The summed E-state index contributed by atoms with van der Waals surface area (Å²) >= 11 is 0. The maximum Gasteiger partial charge on any atom is 0.325 e. The second-order valence-corrected chi connectivity index (χ2v) is 4.88. The minimum absolute atomic E-state index is 0.324. The Hall–Kier alpha value is -2.83. The van der Waals surface area contributed by atoms with Crippen molar-refractivity contribution in [2.45, 2.75) is 12.5 Å². The molecule has 1 aliphatic rings. The summed E-state index contributed by atoms with van der Waals surface area (Å²) in [7, 11) is 0. The van der Waals surface area contributed by atoms with Gasteiger partial charge in [-0.05, 0) is 11.6 Å². The van der Waals surface area contributed by atoms with Crippen LogP contribution in [-0.2, 0) is 16.0 Å². The molecule has 0 bridgehead atoms. The van der Waals surface area contributed by atoms with E-state index in [2.05, 4.69) is 10.3 Å². The van der Waals surface area contributed by atoms with Crippen LogP contribution in [0.1, 0.15) is 5.56 Å². The van der Waals surface area contributed by atoms with Gasteiger partial charge in [0.05, 0.1) is 0 Å². The van der Waals surface area contributed by atoms with E-state index < -0.39 is 30.5 Å². The number of fused-ring (bicyclic) bond motifs is 1. The lowest BCUT2D eigenvalue weighted by Crippen LogP contribution is -2.36. The van der Waals surface area contributed by atoms with Crippen molar-refractivity contribution in [2.75, 3.05) is 6.54 Å². The van der Waals surface area contributed by atoms with E-state index in [9.17, 15) is 14.4 Å². The minimum Gasteiger partial charge on any atom is -0.480 e. The van der Waals surface area contributed by atoms with Crippen LogP contribution in [0.25, 0.3) is 10.9 Å². The van der Waals surface area contributed by atoms with E-state index in [4.69, 9.17) is 5.11 Å². The zero-order chi connectivity index (χ0) is 15.0. The topological polar surface area (TPSA) is 102 Å². The number of nitrogens with one attached hydrogen (secondary N) is 2. The summed E-state index contributed by atoms with van der Waals surface area (Å²) in [4.78, 5) is 38.2. The van der Waals surface area contributed by atoms with Gasteiger partial charge >= 0.3 is 12.0 Å². The van der Waals surface area contributed by atoms with Crippen molar-refractivity contribution in [3.63, 3.8) is 0 Å². The Kier molecular flexibility index (Phi) is 3.09. The predicted octanol–water partition coefficient (Wildman–Crippen LogP) is 0.715. The van der Waals surface area contributed by atoms with Crippen LogP contribution in [0.3, 0.4) is 0 Å². The lowest BCUT2D eigenvalue weighted by atomic mass is 10.1. The van der Waals surface area contributed by atoms with Crippen LogP contribution in [0.4, 0.5) is 4.79 Å². The molecule has 3 rings (SSSR count). The molecule has 0 unspecified atom stereocenters. The highest BCUT2D eigenvalue weighted by molar-refractivity contribution is 6.06. The molecule has 1 aromatic heterocycles. The molecule has 2 heterocycles. The van der Waals surface area contributed by atoms with Crippen molar-refractivity contribution in [3.8, 4) is 0 Å². The Labute approximate surface area is 119 Å². The molecular weight excluding hydrogens is 274 g/mol. The molecule has 1 fully saturated rings. The summed E-state index contributed by atoms with van der Waals surface area (Å²) in [6, 6.07) is 6.26. The molecule has 2 aromatic rings. The number of benzene rings is 1. The third-order valence-corrected chi connectivity index (χ3v) is 3.50. The Morgan fingerprint density at radius 2 is 2.05 bits per heavy atom. The van der Waals surface area contributed by atoms with E-state index >= 15 is 0 Å². The van der Waals surface area contributed by atoms with Crippen LogP contribution >= 0.6 is 0 Å². The van der Waals surface area contributed by atoms with Gasteiger partial charge in [0.2, 0.25) is 0 Å². The van der Waals surface area contributed by atoms with E-state index in [0.717, 1.165) is 21.4 Å². The van der Waals surface area contributed by atoms with Crippen LogP contribution in [0, 0.1) is 0 Å². The number of aromatic amines is 1. The fraction of sp³-hybridized carbons (Fsp3) is 0.214. The fourth-order valence-corrected chi connectivity index (χ4v) is 2.52. The van der Waals surface area contributed by atoms with Gasteiger partial charge in [0, 0.05) is 23.5 Å². The van der Waals surface area contributed by atoms with E-state index in [1.54, 1.807) is 6.20 Å². The molecule has 0 spiro atoms. The molecule has 0 radical (unpaired) electrons. The van der Waals surface area contributed by atoms with Gasteiger partial charge in [-0.3, -0.25) is 14.5 Å². The molecule has 1 aliphatic heterocycles. The first-order valence-corrected chi connectivity index (χ1v) is 6.45. The number of urea groups is 1. The number of carbonyl (C=O) groups is 3. The average Bonchev–Trinajstić information content (AvgIpc) is 2.96. The second kappa shape index (κ2) is 4.93. The number of rotatable bonds is 4. The Morgan fingerprint density at radius 3 is 2.81 bits per heavy atom. The summed E-state index contributed by atoms with van der Waals surface area (Å²) in [5, 5.41) is 12.2. The van der Waals surface area contributed by atoms with Crippen molar-refractivity contribution in [1.82, 2.24) is 15.2 Å². The van der Waals surface area contributed by atoms with E-state index in [1.165, 1.54) is 0 Å². The molecular formula is C14H13N3O4. The molecule has 108 valence electrons. The Bertz CT molecular complexity index is 737. The Balaban J connectivity index is 1.81. The number of para-hydroxylation sites is 1. The first-order valence-electron chi connectivity index (χ1n) is 6.45. The van der Waals surface area contributed by atoms with E-state index in [0.29, 0.717) is 6.42 Å². The number of aromatic nitrogens is 1. The standard InChI is InChI=1S/C14H13N3O4/c18-12(19)7-17-13(20)11(16-14(17)21)5-8-6-15-10-4-2-1-3-9(8)10/h1-4,6,11,15H,5,7H2,(H,16,21)(H,18,19)/t11-/m1/s1. The Morgan fingerprint density at radius 1 is 1.29 bits per heavy atom. The van der Waals surface area contributed by atoms with Crippen molar-refractivity contribution < 1.29 is 19.5 Å². The van der Waals surface area contributed by atoms with Gasteiger partial charge < -0.3 is 15.4 Å². The third-order valence-electron chi connectivity index (χ3n) is 3.50. The highest BCUT2D eigenvalue weighted by Gasteiger charge is 2.39. The molecule has 7 nitrogen and oxygen atoms in total. The lowest BCUT2D eigenvalue weighted by molar-refractivity contribution is -0.141. The van der Waals surface area contributed by atoms with E-state index in [-0.39, 0.29) is 0 Å². The van der Waals surface area contributed by atoms with Crippen LogP contribution in [0.2, 0.25) is 0 Å². The van der Waals surface area contributed by atoms with Gasteiger partial charge in [-0.15, -0.1) is 0 Å². The van der Waals surface area contributed by atoms with Crippen molar-refractivity contribution in [1.29, 1.82) is 0 Å². The SMILES string of the molecule is O=C(O)CN1C(=O)N[C@H](Cc2c[nH]c3ccccc23)C1=O. The van der Waals surface area contributed by atoms with E-state index in [1.807, 2.05) is 24.3 Å². The normalized spacial score (nSPS) is 18.3. The number of hydrogen-bond acceptors (Lipinski definition) is 3. The summed E-state index contributed by atoms with van der Waals surface area (Å²) < 4.78 is 0. The molecule has 7 heteroatoms. The van der Waals surface area contributed by atoms with Gasteiger partial charge in [0.15, 0.2) is 0 Å². The van der Waals surface area contributed by atoms with Crippen molar-refractivity contribution in [2.24, 2.45) is 0 Å². The second-order valence-electron chi connectivity index (χ2n) is 4.88. The van der Waals surface area contributed by atoms with Gasteiger partial charge in [0.1, 0.15) is 12.6 Å². The third kappa shape index (κ3) is 2.33. The van der Waals surface area contributed by atoms with Gasteiger partial charge in [-0.2, -0.15) is 0 Å². The number of carboxylic acid groups (broad SMARTS) is 1. The van der Waals surface area contributed by atoms with Gasteiger partial charge in [-0.25, -0.2) is 4.79 Å². The summed E-state index contributed by atoms with van der Waals surface area (Å²) in [5.74, 6) is -1.72. The zero-order valence-electron chi connectivity index (χ0n) is 11.0. The van der Waals surface area contributed by atoms with Crippen molar-refractivity contribution in [3.05, 3.63) is 36.0 Å². The monoisotopic (exact) mass is 287 g/mol. The number of H-pyrrole nitrogens is 1. The van der Waals surface area contributed by atoms with Crippen LogP contribution in [0.15, 0.2) is 30.5 Å². The molecule has 1 atom stereocenters. The summed E-state index contributed by atoms with van der Waals surface area (Å²) in [5.41, 5.74) is 1.85. The quantitative estimate of drug-likeness (QED) is 0.721. The smallest absolute Gasteiger partial charge is 0.325 e. The number of imide groups is 1. The molecule has 3 amide bonds. The molecule has 21 heavy (non-hydrogen) atoms. The van der Waals surface area contributed by atoms with Gasteiger partial charge in [0.25, 0.3) is 5.91 Å². The molecule has 1 saturated heterocycles. The average molecular weight is 287 g/mol. The maximum absolute atomic E-state index is 12.1. The number of nitrogens with zero attached hydrogens (tertiary/aromatic N) is 1. The predicted molar refractivity (Wildman–Crippen MR) is 73.7 cm³/mol. The fourth-order valence-electron chi connectivity index (χ4n) is 2.52. The number of carboxylic acids is 1. The van der Waals surface area contributed by atoms with Crippen LogP contribution in [0.5, 0.6) is 0 Å². The highest BCUT2D eigenvalue weighted by Crippen LogP contribution is 2.21. The molecule has 0 saturated carbocycles. The van der Waals surface area contributed by atoms with Crippen LogP contribution in [-0.4, -0.2) is 45.5 Å². The summed E-state index contributed by atoms with van der Waals surface area (Å²) in [6.07, 6.45) is 2.12. The summed E-state index contributed by atoms with van der Waals surface area (Å²) in [6.45, 7) is -0.616. The highest BCUT2D eigenvalue weighted by atomic mass is 16.4. The molecule has 3 N–H and O–H groups in total. The largest absolute Gasteiger partial charge is 0.480 e. The number of amides is 3. The number of carbonyl (C=O) groups excluding carboxylic acids is 2.